The summed E-state index contributed by atoms with van der Waals surface area (Å²) in [6.07, 6.45) is -0.932. The summed E-state index contributed by atoms with van der Waals surface area (Å²) >= 11 is 0. The molecule has 94 valence electrons. The van der Waals surface area contributed by atoms with Crippen molar-refractivity contribution in [2.24, 2.45) is 5.92 Å². The summed E-state index contributed by atoms with van der Waals surface area (Å²) in [5, 5.41) is 18.8. The highest BCUT2D eigenvalue weighted by atomic mass is 16.5. The van der Waals surface area contributed by atoms with Gasteiger partial charge in [0.1, 0.15) is 12.3 Å². The van der Waals surface area contributed by atoms with E-state index in [0.717, 1.165) is 0 Å². The predicted molar refractivity (Wildman–Crippen MR) is 57.5 cm³/mol. The minimum Gasteiger partial charge on any atom is -0.394 e. The van der Waals surface area contributed by atoms with Crippen LogP contribution in [0.15, 0.2) is 21.9 Å². The third kappa shape index (κ3) is 2.04. The van der Waals surface area contributed by atoms with Gasteiger partial charge in [0, 0.05) is 18.2 Å². The molecule has 17 heavy (non-hydrogen) atoms. The fraction of sp³-hybridized carbons (Fsp3) is 0.600. The largest absolute Gasteiger partial charge is 0.394 e. The lowest BCUT2D eigenvalue weighted by molar-refractivity contribution is -0.0477. The number of rotatable bonds is 2. The molecule has 0 aliphatic carbocycles. The molecule has 1 aromatic heterocycles. The van der Waals surface area contributed by atoms with Crippen molar-refractivity contribution in [3.8, 4) is 0 Å². The van der Waals surface area contributed by atoms with Crippen molar-refractivity contribution in [3.63, 3.8) is 0 Å². The number of aromatic nitrogens is 2. The molecule has 3 N–H and O–H groups in total. The van der Waals surface area contributed by atoms with Crippen LogP contribution < -0.4 is 11.2 Å². The average Bonchev–Trinajstić information content (AvgIpc) is 2.57. The Morgan fingerprint density at radius 1 is 1.53 bits per heavy atom. The second-order valence-corrected chi connectivity index (χ2v) is 4.11. The number of hydrogen-bond acceptors (Lipinski definition) is 5. The topological polar surface area (TPSA) is 105 Å². The van der Waals surface area contributed by atoms with Crippen LogP contribution in [0.2, 0.25) is 0 Å². The van der Waals surface area contributed by atoms with E-state index in [1.807, 2.05) is 0 Å². The normalized spacial score (nSPS) is 32.9. The molecule has 1 fully saturated rings. The van der Waals surface area contributed by atoms with Crippen molar-refractivity contribution in [2.75, 3.05) is 6.61 Å². The Balaban J connectivity index is 2.35. The highest BCUT2D eigenvalue weighted by Gasteiger charge is 2.41. The van der Waals surface area contributed by atoms with Crippen molar-refractivity contribution in [1.82, 2.24) is 9.55 Å². The Kier molecular flexibility index (Phi) is 3.14. The third-order valence-corrected chi connectivity index (χ3v) is 2.99. The molecule has 7 heteroatoms. The Labute approximate surface area is 96.3 Å². The lowest BCUT2D eigenvalue weighted by Crippen LogP contribution is -2.33. The van der Waals surface area contributed by atoms with Gasteiger partial charge in [0.2, 0.25) is 0 Å². The summed E-state index contributed by atoms with van der Waals surface area (Å²) in [7, 11) is 0. The molecule has 0 aromatic carbocycles. The van der Waals surface area contributed by atoms with Crippen LogP contribution in [0.1, 0.15) is 13.2 Å². The quantitative estimate of drug-likeness (QED) is 0.580. The van der Waals surface area contributed by atoms with Gasteiger partial charge in [0.05, 0.1) is 12.7 Å². The van der Waals surface area contributed by atoms with Gasteiger partial charge in [-0.3, -0.25) is 14.3 Å². The molecule has 2 unspecified atom stereocenters. The molecular weight excluding hydrogens is 228 g/mol. The summed E-state index contributed by atoms with van der Waals surface area (Å²) in [6, 6.07) is 1.20. The van der Waals surface area contributed by atoms with E-state index in [0.29, 0.717) is 0 Å². The van der Waals surface area contributed by atoms with Crippen molar-refractivity contribution in [1.29, 1.82) is 0 Å². The number of nitrogens with zero attached hydrogens (tertiary/aromatic N) is 1. The lowest BCUT2D eigenvalue weighted by atomic mass is 10.0. The summed E-state index contributed by atoms with van der Waals surface area (Å²) in [5.74, 6) is -0.351. The van der Waals surface area contributed by atoms with Crippen molar-refractivity contribution in [3.05, 3.63) is 33.1 Å². The molecule has 2 heterocycles. The molecule has 0 spiro atoms. The average molecular weight is 242 g/mol. The highest BCUT2D eigenvalue weighted by Crippen LogP contribution is 2.32. The molecule has 1 aromatic rings. The summed E-state index contributed by atoms with van der Waals surface area (Å²) in [6.45, 7) is 1.39. The maximum atomic E-state index is 11.6. The Hall–Kier alpha value is -1.44. The molecule has 4 atom stereocenters. The summed E-state index contributed by atoms with van der Waals surface area (Å²) < 4.78 is 6.58. The fourth-order valence-electron chi connectivity index (χ4n) is 1.99. The summed E-state index contributed by atoms with van der Waals surface area (Å²) in [5.41, 5.74) is -1.09. The van der Waals surface area contributed by atoms with Crippen LogP contribution in [-0.2, 0) is 4.74 Å². The number of aromatic amines is 1. The molecular formula is C10H14N2O5. The van der Waals surface area contributed by atoms with Crippen LogP contribution in [0.25, 0.3) is 0 Å². The van der Waals surface area contributed by atoms with Crippen LogP contribution >= 0.6 is 0 Å². The Morgan fingerprint density at radius 2 is 2.24 bits per heavy atom. The van der Waals surface area contributed by atoms with Crippen LogP contribution in [0, 0.1) is 5.92 Å². The van der Waals surface area contributed by atoms with E-state index in [1.54, 1.807) is 6.92 Å². The lowest BCUT2D eigenvalue weighted by Gasteiger charge is -2.17. The van der Waals surface area contributed by atoms with Gasteiger partial charge in [-0.05, 0) is 0 Å². The molecule has 0 bridgehead atoms. The van der Waals surface area contributed by atoms with Crippen molar-refractivity contribution in [2.45, 2.75) is 25.4 Å². The van der Waals surface area contributed by atoms with Crippen LogP contribution in [0.3, 0.4) is 0 Å². The number of H-pyrrole nitrogens is 1. The second-order valence-electron chi connectivity index (χ2n) is 4.11. The van der Waals surface area contributed by atoms with E-state index < -0.39 is 29.7 Å². The van der Waals surface area contributed by atoms with Gasteiger partial charge in [-0.25, -0.2) is 4.79 Å². The zero-order valence-electron chi connectivity index (χ0n) is 9.24. The molecule has 0 amide bonds. The van der Waals surface area contributed by atoms with Gasteiger partial charge in [-0.1, -0.05) is 6.92 Å². The third-order valence-electron chi connectivity index (χ3n) is 2.99. The zero-order chi connectivity index (χ0) is 12.6. The molecule has 0 saturated carbocycles. The SMILES string of the molecule is CC1C(O)[C@@H](CO)O[C@H]1n1ccc(=O)[nH]c1=O. The van der Waals surface area contributed by atoms with Gasteiger partial charge in [0.15, 0.2) is 0 Å². The molecule has 0 radical (unpaired) electrons. The first-order valence-corrected chi connectivity index (χ1v) is 5.30. The molecule has 2 rings (SSSR count). The molecule has 7 nitrogen and oxygen atoms in total. The number of aliphatic hydroxyl groups excluding tert-OH is 2. The standard InChI is InChI=1S/C10H14N2O5/c1-5-8(15)6(4-13)17-9(5)12-3-2-7(14)11-10(12)16/h2-3,5-6,8-9,13,15H,4H2,1H3,(H,11,14,16)/t5?,6-,8?,9-/m1/s1. The Bertz CT molecular complexity index is 508. The van der Waals surface area contributed by atoms with Gasteiger partial charge in [0.25, 0.3) is 5.56 Å². The first-order chi connectivity index (χ1) is 8.04. The van der Waals surface area contributed by atoms with E-state index in [1.165, 1.54) is 16.8 Å². The Morgan fingerprint density at radius 3 is 2.76 bits per heavy atom. The number of nitrogens with one attached hydrogen (secondary N) is 1. The molecule has 1 aliphatic rings. The highest BCUT2D eigenvalue weighted by molar-refractivity contribution is 4.91. The predicted octanol–water partition coefficient (Wildman–Crippen LogP) is -1.58. The minimum atomic E-state index is -0.844. The molecule has 1 saturated heterocycles. The first kappa shape index (κ1) is 12.0. The summed E-state index contributed by atoms with van der Waals surface area (Å²) in [4.78, 5) is 24.6. The van der Waals surface area contributed by atoms with Crippen LogP contribution in [0.5, 0.6) is 0 Å². The fourth-order valence-corrected chi connectivity index (χ4v) is 1.99. The maximum Gasteiger partial charge on any atom is 0.330 e. The van der Waals surface area contributed by atoms with E-state index >= 15 is 0 Å². The zero-order valence-corrected chi connectivity index (χ0v) is 9.24. The van der Waals surface area contributed by atoms with Crippen molar-refractivity contribution < 1.29 is 14.9 Å². The molecule has 1 aliphatic heterocycles. The number of aliphatic hydroxyl groups is 2. The van der Waals surface area contributed by atoms with E-state index in [4.69, 9.17) is 9.84 Å². The monoisotopic (exact) mass is 242 g/mol. The van der Waals surface area contributed by atoms with Crippen LogP contribution in [0.4, 0.5) is 0 Å². The smallest absolute Gasteiger partial charge is 0.330 e. The van der Waals surface area contributed by atoms with Gasteiger partial charge < -0.3 is 14.9 Å². The van der Waals surface area contributed by atoms with E-state index in [9.17, 15) is 14.7 Å². The van der Waals surface area contributed by atoms with Gasteiger partial charge in [-0.2, -0.15) is 0 Å². The number of hydrogen-bond donors (Lipinski definition) is 3. The van der Waals surface area contributed by atoms with E-state index in [-0.39, 0.29) is 12.5 Å². The van der Waals surface area contributed by atoms with Gasteiger partial charge in [-0.15, -0.1) is 0 Å². The second kappa shape index (κ2) is 4.44. The van der Waals surface area contributed by atoms with Crippen molar-refractivity contribution >= 4 is 0 Å². The van der Waals surface area contributed by atoms with Gasteiger partial charge >= 0.3 is 5.69 Å². The van der Waals surface area contributed by atoms with E-state index in [2.05, 4.69) is 4.98 Å². The maximum absolute atomic E-state index is 11.6. The first-order valence-electron chi connectivity index (χ1n) is 5.30. The number of ether oxygens (including phenoxy) is 1. The van der Waals surface area contributed by atoms with Crippen LogP contribution in [-0.4, -0.2) is 38.6 Å². The minimum absolute atomic E-state index is 0.319.